The van der Waals surface area contributed by atoms with Crippen LogP contribution in [0.2, 0.25) is 0 Å². The topological polar surface area (TPSA) is 105 Å². The summed E-state index contributed by atoms with van der Waals surface area (Å²) in [4.78, 5) is 10.9. The minimum absolute atomic E-state index is 0.277. The van der Waals surface area contributed by atoms with Gasteiger partial charge in [0.05, 0.1) is 19.6 Å². The molecule has 0 aromatic carbocycles. The lowest BCUT2D eigenvalue weighted by Crippen LogP contribution is -2.58. The summed E-state index contributed by atoms with van der Waals surface area (Å²) >= 11 is 1.42. The van der Waals surface area contributed by atoms with Crippen molar-refractivity contribution in [3.63, 3.8) is 0 Å². The van der Waals surface area contributed by atoms with E-state index in [2.05, 4.69) is 4.74 Å². The zero-order valence-corrected chi connectivity index (χ0v) is 11.7. The van der Waals surface area contributed by atoms with Crippen molar-refractivity contribution in [3.05, 3.63) is 0 Å². The molecule has 112 valence electrons. The molecule has 0 aliphatic carbocycles. The van der Waals surface area contributed by atoms with Crippen LogP contribution in [-0.4, -0.2) is 77.7 Å². The van der Waals surface area contributed by atoms with Crippen LogP contribution >= 0.6 is 11.8 Å². The van der Waals surface area contributed by atoms with Gasteiger partial charge in [-0.3, -0.25) is 4.79 Å². The van der Waals surface area contributed by atoms with Crippen LogP contribution in [0.15, 0.2) is 0 Å². The zero-order valence-electron chi connectivity index (χ0n) is 10.9. The summed E-state index contributed by atoms with van der Waals surface area (Å²) in [6.07, 6.45) is -5.03. The maximum atomic E-state index is 10.9. The number of aliphatic hydroxyl groups is 3. The molecule has 0 aromatic rings. The highest BCUT2D eigenvalue weighted by Crippen LogP contribution is 2.24. The van der Waals surface area contributed by atoms with E-state index in [-0.39, 0.29) is 12.4 Å². The molecule has 0 saturated carbocycles. The molecule has 19 heavy (non-hydrogen) atoms. The van der Waals surface area contributed by atoms with E-state index in [0.717, 1.165) is 0 Å². The fourth-order valence-electron chi connectivity index (χ4n) is 1.80. The van der Waals surface area contributed by atoms with Gasteiger partial charge in [-0.1, -0.05) is 0 Å². The lowest BCUT2D eigenvalue weighted by molar-refractivity contribution is -0.280. The Morgan fingerprint density at radius 2 is 1.95 bits per heavy atom. The molecular formula is C11H20O7S. The molecule has 0 spiro atoms. The van der Waals surface area contributed by atoms with Gasteiger partial charge < -0.3 is 29.5 Å². The summed E-state index contributed by atoms with van der Waals surface area (Å²) in [5, 5.41) is 28.7. The van der Waals surface area contributed by atoms with Crippen molar-refractivity contribution in [1.82, 2.24) is 0 Å². The first-order valence-corrected chi connectivity index (χ1v) is 7.03. The predicted octanol–water partition coefficient (Wildman–Crippen LogP) is -1.26. The van der Waals surface area contributed by atoms with E-state index in [1.54, 1.807) is 0 Å². The number of thioether (sulfide) groups is 1. The SMILES string of the molecule is COC(=O)CCSCC1OC(O)C(O)C(O)C1OC. The molecule has 1 aliphatic rings. The number of methoxy groups -OCH3 is 2. The number of aliphatic hydroxyl groups excluding tert-OH is 3. The summed E-state index contributed by atoms with van der Waals surface area (Å²) < 4.78 is 14.8. The van der Waals surface area contributed by atoms with Gasteiger partial charge in [0.15, 0.2) is 6.29 Å². The summed E-state index contributed by atoms with van der Waals surface area (Å²) in [5.41, 5.74) is 0. The third-order valence-electron chi connectivity index (χ3n) is 2.89. The highest BCUT2D eigenvalue weighted by Gasteiger charge is 2.43. The standard InChI is InChI=1S/C11H20O7S/c1-16-7(12)3-4-19-5-6-10(17-2)8(13)9(14)11(15)18-6/h6,8-11,13-15H,3-5H2,1-2H3. The largest absolute Gasteiger partial charge is 0.469 e. The molecule has 0 radical (unpaired) electrons. The molecule has 1 saturated heterocycles. The highest BCUT2D eigenvalue weighted by atomic mass is 32.2. The number of carbonyl (C=O) groups is 1. The van der Waals surface area contributed by atoms with Crippen LogP contribution < -0.4 is 0 Å². The molecule has 1 aliphatic heterocycles. The normalized spacial score (nSPS) is 35.1. The lowest BCUT2D eigenvalue weighted by Gasteiger charge is -2.40. The molecular weight excluding hydrogens is 276 g/mol. The quantitative estimate of drug-likeness (QED) is 0.412. The van der Waals surface area contributed by atoms with Gasteiger partial charge in [0.2, 0.25) is 0 Å². The first-order chi connectivity index (χ1) is 9.01. The number of hydrogen-bond acceptors (Lipinski definition) is 8. The maximum Gasteiger partial charge on any atom is 0.306 e. The molecule has 7 nitrogen and oxygen atoms in total. The molecule has 8 heteroatoms. The van der Waals surface area contributed by atoms with Crippen molar-refractivity contribution in [2.24, 2.45) is 0 Å². The van der Waals surface area contributed by atoms with Gasteiger partial charge in [-0.2, -0.15) is 11.8 Å². The Kier molecular flexibility index (Phi) is 7.05. The smallest absolute Gasteiger partial charge is 0.306 e. The van der Waals surface area contributed by atoms with E-state index in [9.17, 15) is 20.1 Å². The molecule has 0 bridgehead atoms. The van der Waals surface area contributed by atoms with Crippen LogP contribution in [0.25, 0.3) is 0 Å². The fraction of sp³-hybridized carbons (Fsp3) is 0.909. The van der Waals surface area contributed by atoms with Crippen LogP contribution in [0, 0.1) is 0 Å². The Balaban J connectivity index is 2.40. The van der Waals surface area contributed by atoms with Crippen molar-refractivity contribution in [1.29, 1.82) is 0 Å². The molecule has 1 fully saturated rings. The van der Waals surface area contributed by atoms with Gasteiger partial charge in [-0.05, 0) is 0 Å². The number of hydrogen-bond donors (Lipinski definition) is 3. The molecule has 0 aromatic heterocycles. The number of rotatable bonds is 6. The number of carbonyl (C=O) groups excluding carboxylic acids is 1. The van der Waals surface area contributed by atoms with Gasteiger partial charge in [-0.25, -0.2) is 0 Å². The fourth-order valence-corrected chi connectivity index (χ4v) is 2.78. The maximum absolute atomic E-state index is 10.9. The van der Waals surface area contributed by atoms with Crippen LogP contribution in [-0.2, 0) is 19.0 Å². The molecule has 0 amide bonds. The Hall–Kier alpha value is -0.380. The molecule has 3 N–H and O–H groups in total. The van der Waals surface area contributed by atoms with Crippen molar-refractivity contribution in [2.45, 2.75) is 37.1 Å². The second-order valence-electron chi connectivity index (χ2n) is 4.15. The second-order valence-corrected chi connectivity index (χ2v) is 5.30. The minimum Gasteiger partial charge on any atom is -0.469 e. The average Bonchev–Trinajstić information content (AvgIpc) is 2.40. The zero-order chi connectivity index (χ0) is 14.4. The van der Waals surface area contributed by atoms with E-state index in [0.29, 0.717) is 11.5 Å². The average molecular weight is 296 g/mol. The second kappa shape index (κ2) is 8.03. The van der Waals surface area contributed by atoms with Crippen molar-refractivity contribution < 1.29 is 34.3 Å². The van der Waals surface area contributed by atoms with Crippen LogP contribution in [0.5, 0.6) is 0 Å². The van der Waals surface area contributed by atoms with E-state index >= 15 is 0 Å². The number of ether oxygens (including phenoxy) is 3. The molecule has 1 heterocycles. The van der Waals surface area contributed by atoms with E-state index in [1.165, 1.54) is 26.0 Å². The van der Waals surface area contributed by atoms with E-state index < -0.39 is 30.7 Å². The summed E-state index contributed by atoms with van der Waals surface area (Å²) in [7, 11) is 2.72. The van der Waals surface area contributed by atoms with Crippen molar-refractivity contribution in [2.75, 3.05) is 25.7 Å². The minimum atomic E-state index is -1.44. The summed E-state index contributed by atoms with van der Waals surface area (Å²) in [5.74, 6) is 0.671. The third kappa shape index (κ3) is 4.59. The summed E-state index contributed by atoms with van der Waals surface area (Å²) in [6, 6.07) is 0. The molecule has 5 unspecified atom stereocenters. The van der Waals surface area contributed by atoms with Crippen LogP contribution in [0.4, 0.5) is 0 Å². The monoisotopic (exact) mass is 296 g/mol. The van der Waals surface area contributed by atoms with Crippen molar-refractivity contribution in [3.8, 4) is 0 Å². The van der Waals surface area contributed by atoms with E-state index in [4.69, 9.17) is 9.47 Å². The first-order valence-electron chi connectivity index (χ1n) is 5.88. The third-order valence-corrected chi connectivity index (χ3v) is 3.95. The highest BCUT2D eigenvalue weighted by molar-refractivity contribution is 7.99. The predicted molar refractivity (Wildman–Crippen MR) is 67.6 cm³/mol. The summed E-state index contributed by atoms with van der Waals surface area (Å²) in [6.45, 7) is 0. The Bertz CT molecular complexity index is 288. The first kappa shape index (κ1) is 16.7. The van der Waals surface area contributed by atoms with Gasteiger partial charge in [0, 0.05) is 18.6 Å². The lowest BCUT2D eigenvalue weighted by atomic mass is 10.00. The number of esters is 1. The van der Waals surface area contributed by atoms with E-state index in [1.807, 2.05) is 0 Å². The van der Waals surface area contributed by atoms with Gasteiger partial charge >= 0.3 is 5.97 Å². The molecule has 5 atom stereocenters. The Morgan fingerprint density at radius 1 is 1.26 bits per heavy atom. The Labute approximate surface area is 115 Å². The Morgan fingerprint density at radius 3 is 2.53 bits per heavy atom. The van der Waals surface area contributed by atoms with Gasteiger partial charge in [0.25, 0.3) is 0 Å². The van der Waals surface area contributed by atoms with Gasteiger partial charge in [0.1, 0.15) is 18.3 Å². The van der Waals surface area contributed by atoms with Crippen LogP contribution in [0.3, 0.4) is 0 Å². The van der Waals surface area contributed by atoms with Gasteiger partial charge in [-0.15, -0.1) is 0 Å². The molecule has 1 rings (SSSR count). The van der Waals surface area contributed by atoms with Crippen LogP contribution in [0.1, 0.15) is 6.42 Å². The van der Waals surface area contributed by atoms with Crippen molar-refractivity contribution >= 4 is 17.7 Å².